The average molecular weight is 269 g/mol. The molecule has 1 aliphatic rings. The van der Waals surface area contributed by atoms with E-state index in [9.17, 15) is 4.79 Å². The lowest BCUT2D eigenvalue weighted by Crippen LogP contribution is -2.43. The summed E-state index contributed by atoms with van der Waals surface area (Å²) >= 11 is 1.53. The minimum atomic E-state index is -0.00518. The second-order valence-electron chi connectivity index (χ2n) is 4.35. The first kappa shape index (κ1) is 13.5. The number of aryl methyl sites for hydroxylation is 2. The number of anilines is 1. The number of aromatic nitrogens is 1. The summed E-state index contributed by atoms with van der Waals surface area (Å²) in [7, 11) is 0. The lowest BCUT2D eigenvalue weighted by molar-refractivity contribution is -0.117. The summed E-state index contributed by atoms with van der Waals surface area (Å²) in [6.45, 7) is 6.24. The van der Waals surface area contributed by atoms with Gasteiger partial charge in [0.1, 0.15) is 0 Å². The number of morpholine rings is 1. The van der Waals surface area contributed by atoms with Gasteiger partial charge in [-0.15, -0.1) is 11.3 Å². The first-order chi connectivity index (χ1) is 8.69. The predicted molar refractivity (Wildman–Crippen MR) is 72.1 cm³/mol. The van der Waals surface area contributed by atoms with Gasteiger partial charge < -0.3 is 15.4 Å². The molecule has 1 fully saturated rings. The zero-order valence-corrected chi connectivity index (χ0v) is 11.6. The fraction of sp³-hybridized carbons (Fsp3) is 0.667. The molecular weight excluding hydrogens is 250 g/mol. The first-order valence-corrected chi connectivity index (χ1v) is 7.08. The summed E-state index contributed by atoms with van der Waals surface area (Å²) in [5.74, 6) is -0.00518. The van der Waals surface area contributed by atoms with Crippen LogP contribution < -0.4 is 10.6 Å². The first-order valence-electron chi connectivity index (χ1n) is 6.26. The molecule has 1 aromatic heterocycles. The summed E-state index contributed by atoms with van der Waals surface area (Å²) in [5.41, 5.74) is 1.06. The number of thiazole rings is 1. The van der Waals surface area contributed by atoms with Crippen LogP contribution >= 0.6 is 11.3 Å². The van der Waals surface area contributed by atoms with Crippen molar-refractivity contribution in [1.82, 2.24) is 10.3 Å². The Morgan fingerprint density at radius 3 is 3.11 bits per heavy atom. The molecule has 1 unspecified atom stereocenters. The third-order valence-electron chi connectivity index (χ3n) is 2.90. The van der Waals surface area contributed by atoms with E-state index in [2.05, 4.69) is 22.5 Å². The molecule has 2 N–H and O–H groups in total. The number of rotatable bonds is 4. The Morgan fingerprint density at radius 1 is 1.67 bits per heavy atom. The van der Waals surface area contributed by atoms with Crippen LogP contribution in [-0.2, 0) is 16.0 Å². The van der Waals surface area contributed by atoms with E-state index in [1.54, 1.807) is 0 Å². The highest BCUT2D eigenvalue weighted by Gasteiger charge is 2.17. The standard InChI is InChI=1S/C12H19N3O2S/c1-3-10-8(2)18-12(14-10)15-11(16)6-9-7-17-5-4-13-9/h9,13H,3-7H2,1-2H3,(H,14,15,16). The Hall–Kier alpha value is -0.980. The molecule has 0 aliphatic carbocycles. The quantitative estimate of drug-likeness (QED) is 0.865. The smallest absolute Gasteiger partial charge is 0.227 e. The zero-order chi connectivity index (χ0) is 13.0. The monoisotopic (exact) mass is 269 g/mol. The Kier molecular flexibility index (Phi) is 4.68. The van der Waals surface area contributed by atoms with Crippen LogP contribution in [0.1, 0.15) is 23.9 Å². The van der Waals surface area contributed by atoms with Crippen LogP contribution in [0.25, 0.3) is 0 Å². The van der Waals surface area contributed by atoms with E-state index in [0.29, 0.717) is 18.2 Å². The zero-order valence-electron chi connectivity index (χ0n) is 10.8. The lowest BCUT2D eigenvalue weighted by Gasteiger charge is -2.22. The molecule has 0 aromatic carbocycles. The number of ether oxygens (including phenoxy) is 1. The molecule has 0 saturated carbocycles. The van der Waals surface area contributed by atoms with Crippen molar-refractivity contribution in [3.8, 4) is 0 Å². The van der Waals surface area contributed by atoms with Crippen LogP contribution in [0.15, 0.2) is 0 Å². The SMILES string of the molecule is CCc1nc(NC(=O)CC2COCCN2)sc1C. The van der Waals surface area contributed by atoms with Crippen molar-refractivity contribution in [1.29, 1.82) is 0 Å². The number of hydrogen-bond donors (Lipinski definition) is 2. The van der Waals surface area contributed by atoms with Gasteiger partial charge in [0.2, 0.25) is 5.91 Å². The maximum atomic E-state index is 11.8. The molecule has 1 aliphatic heterocycles. The fourth-order valence-corrected chi connectivity index (χ4v) is 2.87. The molecule has 0 radical (unpaired) electrons. The molecule has 100 valence electrons. The molecule has 0 spiro atoms. The van der Waals surface area contributed by atoms with Gasteiger partial charge in [-0.3, -0.25) is 4.79 Å². The Morgan fingerprint density at radius 2 is 2.50 bits per heavy atom. The third-order valence-corrected chi connectivity index (χ3v) is 3.83. The van der Waals surface area contributed by atoms with Crippen LogP contribution in [0, 0.1) is 6.92 Å². The number of carbonyl (C=O) groups excluding carboxylic acids is 1. The maximum Gasteiger partial charge on any atom is 0.227 e. The summed E-state index contributed by atoms with van der Waals surface area (Å²) in [6.07, 6.45) is 1.33. The third kappa shape index (κ3) is 3.51. The maximum absolute atomic E-state index is 11.8. The normalized spacial score (nSPS) is 19.8. The summed E-state index contributed by atoms with van der Waals surface area (Å²) in [4.78, 5) is 17.4. The molecule has 1 atom stereocenters. The molecule has 18 heavy (non-hydrogen) atoms. The lowest BCUT2D eigenvalue weighted by atomic mass is 10.2. The van der Waals surface area contributed by atoms with Gasteiger partial charge in [-0.25, -0.2) is 4.98 Å². The van der Waals surface area contributed by atoms with Crippen molar-refractivity contribution in [3.63, 3.8) is 0 Å². The highest BCUT2D eigenvalue weighted by atomic mass is 32.1. The van der Waals surface area contributed by atoms with Crippen LogP contribution in [0.5, 0.6) is 0 Å². The van der Waals surface area contributed by atoms with E-state index < -0.39 is 0 Å². The van der Waals surface area contributed by atoms with Crippen molar-refractivity contribution < 1.29 is 9.53 Å². The Bertz CT molecular complexity index is 413. The molecule has 0 bridgehead atoms. The van der Waals surface area contributed by atoms with Gasteiger partial charge in [0.25, 0.3) is 0 Å². The van der Waals surface area contributed by atoms with Gasteiger partial charge in [-0.2, -0.15) is 0 Å². The molecule has 2 rings (SSSR count). The highest BCUT2D eigenvalue weighted by molar-refractivity contribution is 7.15. The van der Waals surface area contributed by atoms with Crippen molar-refractivity contribution >= 4 is 22.4 Å². The van der Waals surface area contributed by atoms with Crippen LogP contribution in [0.4, 0.5) is 5.13 Å². The summed E-state index contributed by atoms with van der Waals surface area (Å²) in [6, 6.07) is 0.116. The van der Waals surface area contributed by atoms with E-state index >= 15 is 0 Å². The van der Waals surface area contributed by atoms with Gasteiger partial charge in [0, 0.05) is 23.9 Å². The molecule has 1 aromatic rings. The second-order valence-corrected chi connectivity index (χ2v) is 5.56. The number of nitrogens with zero attached hydrogens (tertiary/aromatic N) is 1. The molecule has 1 amide bonds. The van der Waals surface area contributed by atoms with E-state index in [4.69, 9.17) is 4.74 Å². The largest absolute Gasteiger partial charge is 0.378 e. The van der Waals surface area contributed by atoms with Crippen molar-refractivity contribution in [3.05, 3.63) is 10.6 Å². The van der Waals surface area contributed by atoms with Crippen LogP contribution in [0.3, 0.4) is 0 Å². The number of hydrogen-bond acceptors (Lipinski definition) is 5. The van der Waals surface area contributed by atoms with Crippen LogP contribution in [0.2, 0.25) is 0 Å². The van der Waals surface area contributed by atoms with E-state index in [1.165, 1.54) is 16.2 Å². The van der Waals surface area contributed by atoms with Crippen molar-refractivity contribution in [2.75, 3.05) is 25.1 Å². The highest BCUT2D eigenvalue weighted by Crippen LogP contribution is 2.22. The topological polar surface area (TPSA) is 63.2 Å². The summed E-state index contributed by atoms with van der Waals surface area (Å²) < 4.78 is 5.32. The summed E-state index contributed by atoms with van der Waals surface area (Å²) in [5, 5.41) is 6.82. The minimum absolute atomic E-state index is 0.00518. The number of amides is 1. The van der Waals surface area contributed by atoms with Crippen molar-refractivity contribution in [2.45, 2.75) is 32.7 Å². The van der Waals surface area contributed by atoms with E-state index in [0.717, 1.165) is 25.3 Å². The molecule has 2 heterocycles. The van der Waals surface area contributed by atoms with Crippen molar-refractivity contribution in [2.24, 2.45) is 0 Å². The molecule has 1 saturated heterocycles. The van der Waals surface area contributed by atoms with E-state index in [-0.39, 0.29) is 11.9 Å². The Balaban J connectivity index is 1.86. The molecular formula is C12H19N3O2S. The van der Waals surface area contributed by atoms with Gasteiger partial charge in [0.05, 0.1) is 18.9 Å². The molecule has 6 heteroatoms. The van der Waals surface area contributed by atoms with Gasteiger partial charge in [0.15, 0.2) is 5.13 Å². The van der Waals surface area contributed by atoms with Crippen LogP contribution in [-0.4, -0.2) is 36.7 Å². The molecule has 5 nitrogen and oxygen atoms in total. The van der Waals surface area contributed by atoms with Gasteiger partial charge in [-0.05, 0) is 13.3 Å². The average Bonchev–Trinajstić information content (AvgIpc) is 2.70. The number of carbonyl (C=O) groups is 1. The predicted octanol–water partition coefficient (Wildman–Crippen LogP) is 1.33. The second kappa shape index (κ2) is 6.26. The Labute approximate surface area is 111 Å². The van der Waals surface area contributed by atoms with E-state index in [1.807, 2.05) is 6.92 Å². The fourth-order valence-electron chi connectivity index (χ4n) is 1.95. The van der Waals surface area contributed by atoms with Gasteiger partial charge in [-0.1, -0.05) is 6.92 Å². The van der Waals surface area contributed by atoms with Gasteiger partial charge >= 0.3 is 0 Å². The number of nitrogens with one attached hydrogen (secondary N) is 2. The minimum Gasteiger partial charge on any atom is -0.378 e.